The number of carbonyl (C=O) groups excluding carboxylic acids is 1. The van der Waals surface area contributed by atoms with Gasteiger partial charge in [-0.1, -0.05) is 29.8 Å². The van der Waals surface area contributed by atoms with Gasteiger partial charge in [0.05, 0.1) is 0 Å². The molecule has 1 aliphatic heterocycles. The number of rotatable bonds is 6. The van der Waals surface area contributed by atoms with Gasteiger partial charge < -0.3 is 15.1 Å². The number of anilines is 1. The predicted octanol–water partition coefficient (Wildman–Crippen LogP) is 1.18. The van der Waals surface area contributed by atoms with Crippen molar-refractivity contribution in [1.29, 1.82) is 0 Å². The Morgan fingerprint density at radius 3 is 2.40 bits per heavy atom. The van der Waals surface area contributed by atoms with Crippen LogP contribution in [0.2, 0.25) is 0 Å². The molecule has 3 aromatic rings. The average Bonchev–Trinajstić information content (AvgIpc) is 3.20. The number of amides is 1. The van der Waals surface area contributed by atoms with Crippen molar-refractivity contribution in [2.75, 3.05) is 38.0 Å². The highest BCUT2D eigenvalue weighted by Crippen LogP contribution is 2.23. The number of thiazole rings is 1. The van der Waals surface area contributed by atoms with Crippen molar-refractivity contribution < 1.29 is 19.0 Å². The third-order valence-electron chi connectivity index (χ3n) is 5.48. The number of nitrogens with one attached hydrogen (secondary N) is 3. The van der Waals surface area contributed by atoms with Gasteiger partial charge in [-0.2, -0.15) is 0 Å². The second-order valence-corrected chi connectivity index (χ2v) is 8.78. The van der Waals surface area contributed by atoms with Crippen molar-refractivity contribution in [2.45, 2.75) is 13.5 Å². The van der Waals surface area contributed by atoms with E-state index in [9.17, 15) is 9.18 Å². The summed E-state index contributed by atoms with van der Waals surface area (Å²) in [6, 6.07) is 14.4. The van der Waals surface area contributed by atoms with Gasteiger partial charge in [-0.25, -0.2) is 9.37 Å². The summed E-state index contributed by atoms with van der Waals surface area (Å²) in [6.45, 7) is 7.43. The Hall–Kier alpha value is -2.61. The van der Waals surface area contributed by atoms with Gasteiger partial charge >= 0.3 is 0 Å². The minimum Gasteiger partial charge on any atom is -0.321 e. The van der Waals surface area contributed by atoms with Crippen molar-refractivity contribution in [3.63, 3.8) is 0 Å². The van der Waals surface area contributed by atoms with Crippen LogP contribution in [0.15, 0.2) is 53.9 Å². The molecule has 0 radical (unpaired) electrons. The summed E-state index contributed by atoms with van der Waals surface area (Å²) in [5, 5.41) is 6.09. The summed E-state index contributed by atoms with van der Waals surface area (Å²) in [5.41, 5.74) is 4.21. The quantitative estimate of drug-likeness (QED) is 0.555. The van der Waals surface area contributed by atoms with Crippen LogP contribution in [0.4, 0.5) is 10.1 Å². The smallest absolute Gasteiger partial charge is 0.279 e. The Morgan fingerprint density at radius 2 is 1.70 bits per heavy atom. The molecule has 5 nitrogen and oxygen atoms in total. The normalized spacial score (nSPS) is 18.9. The van der Waals surface area contributed by atoms with Crippen LogP contribution in [0.5, 0.6) is 0 Å². The summed E-state index contributed by atoms with van der Waals surface area (Å²) in [7, 11) is 0. The summed E-state index contributed by atoms with van der Waals surface area (Å²) >= 11 is 1.70. The molecule has 1 aromatic heterocycles. The van der Waals surface area contributed by atoms with E-state index in [0.29, 0.717) is 12.2 Å². The van der Waals surface area contributed by atoms with Crippen LogP contribution in [-0.2, 0) is 11.3 Å². The molecule has 7 heteroatoms. The highest BCUT2D eigenvalue weighted by atomic mass is 32.1. The monoisotopic (exact) mass is 426 g/mol. The number of aryl methyl sites for hydroxylation is 1. The Kier molecular flexibility index (Phi) is 6.52. The topological polar surface area (TPSA) is 50.9 Å². The molecule has 2 aromatic carbocycles. The second-order valence-electron chi connectivity index (χ2n) is 7.92. The maximum atomic E-state index is 13.0. The second kappa shape index (κ2) is 9.47. The molecule has 1 fully saturated rings. The molecule has 156 valence electrons. The maximum absolute atomic E-state index is 13.0. The Bertz CT molecular complexity index is 979. The van der Waals surface area contributed by atoms with E-state index in [1.165, 1.54) is 33.1 Å². The average molecular weight is 427 g/mol. The van der Waals surface area contributed by atoms with E-state index in [4.69, 9.17) is 4.98 Å². The summed E-state index contributed by atoms with van der Waals surface area (Å²) < 4.78 is 13.0. The zero-order valence-corrected chi connectivity index (χ0v) is 17.9. The minimum atomic E-state index is -0.302. The molecule has 30 heavy (non-hydrogen) atoms. The number of piperazine rings is 1. The van der Waals surface area contributed by atoms with Crippen LogP contribution in [-0.4, -0.2) is 43.6 Å². The molecule has 0 aliphatic carbocycles. The van der Waals surface area contributed by atoms with Gasteiger partial charge in [0.15, 0.2) is 6.54 Å². The number of aromatic nitrogens is 1. The molecular weight excluding hydrogens is 399 g/mol. The molecule has 1 saturated heterocycles. The number of hydrogen-bond acceptors (Lipinski definition) is 3. The molecule has 3 N–H and O–H groups in total. The first-order valence-corrected chi connectivity index (χ1v) is 11.2. The van der Waals surface area contributed by atoms with Crippen LogP contribution in [0.3, 0.4) is 0 Å². The third kappa shape index (κ3) is 5.50. The lowest BCUT2D eigenvalue weighted by molar-refractivity contribution is -1.02. The number of quaternary nitrogens is 2. The fourth-order valence-corrected chi connectivity index (χ4v) is 4.57. The van der Waals surface area contributed by atoms with E-state index in [-0.39, 0.29) is 11.7 Å². The van der Waals surface area contributed by atoms with E-state index < -0.39 is 0 Å². The number of halogens is 1. The Morgan fingerprint density at radius 1 is 1.03 bits per heavy atom. The maximum Gasteiger partial charge on any atom is 0.279 e. The van der Waals surface area contributed by atoms with E-state index in [1.807, 2.05) is 0 Å². The molecule has 1 amide bonds. The van der Waals surface area contributed by atoms with Crippen LogP contribution in [0.1, 0.15) is 11.3 Å². The van der Waals surface area contributed by atoms with Gasteiger partial charge in [0.1, 0.15) is 49.2 Å². The Balaban J connectivity index is 1.23. The lowest BCUT2D eigenvalue weighted by Crippen LogP contribution is -3.28. The SMILES string of the molecule is Cc1ccc(-c2nc(C[NH+]3CC[NH+](CC(=O)Nc4ccc(F)cc4)CC3)cs2)cc1. The van der Waals surface area contributed by atoms with Crippen molar-refractivity contribution in [2.24, 2.45) is 0 Å². The standard InChI is InChI=1S/C23H25FN4OS/c1-17-2-4-18(5-3-17)23-26-21(16-30-23)14-27-10-12-28(13-11-27)15-22(29)25-20-8-6-19(24)7-9-20/h2-9,16H,10-15H2,1H3,(H,25,29)/p+2. The van der Waals surface area contributed by atoms with E-state index in [0.717, 1.165) is 43.4 Å². The van der Waals surface area contributed by atoms with E-state index >= 15 is 0 Å². The Labute approximate surface area is 180 Å². The largest absolute Gasteiger partial charge is 0.321 e. The molecule has 0 saturated carbocycles. The fraction of sp³-hybridized carbons (Fsp3) is 0.304. The first-order chi connectivity index (χ1) is 14.5. The van der Waals surface area contributed by atoms with Gasteiger partial charge in [0.25, 0.3) is 5.91 Å². The molecular formula is C23H27FN4OS+2. The van der Waals surface area contributed by atoms with E-state index in [1.54, 1.807) is 23.5 Å². The zero-order valence-electron chi connectivity index (χ0n) is 17.1. The molecule has 0 unspecified atom stereocenters. The van der Waals surface area contributed by atoms with Crippen LogP contribution >= 0.6 is 11.3 Å². The highest BCUT2D eigenvalue weighted by Gasteiger charge is 2.25. The van der Waals surface area contributed by atoms with Gasteiger partial charge in [-0.3, -0.25) is 4.79 Å². The van der Waals surface area contributed by atoms with Crippen molar-refractivity contribution >= 4 is 22.9 Å². The zero-order chi connectivity index (χ0) is 20.9. The van der Waals surface area contributed by atoms with Crippen LogP contribution in [0.25, 0.3) is 10.6 Å². The fourth-order valence-electron chi connectivity index (χ4n) is 3.75. The van der Waals surface area contributed by atoms with Gasteiger partial charge in [0.2, 0.25) is 0 Å². The third-order valence-corrected chi connectivity index (χ3v) is 6.42. The molecule has 0 spiro atoms. The minimum absolute atomic E-state index is 0.0256. The van der Waals surface area contributed by atoms with Crippen molar-refractivity contribution in [1.82, 2.24) is 4.98 Å². The number of carbonyl (C=O) groups is 1. The van der Waals surface area contributed by atoms with Crippen molar-refractivity contribution in [3.8, 4) is 10.6 Å². The van der Waals surface area contributed by atoms with Crippen LogP contribution in [0, 0.1) is 12.7 Å². The van der Waals surface area contributed by atoms with Crippen LogP contribution < -0.4 is 15.1 Å². The van der Waals surface area contributed by atoms with E-state index in [2.05, 4.69) is 41.9 Å². The molecule has 4 rings (SSSR count). The molecule has 0 bridgehead atoms. The molecule has 2 heterocycles. The summed E-state index contributed by atoms with van der Waals surface area (Å²) in [5.74, 6) is -0.328. The molecule has 0 atom stereocenters. The first-order valence-electron chi connectivity index (χ1n) is 10.3. The van der Waals surface area contributed by atoms with Gasteiger partial charge in [-0.05, 0) is 31.2 Å². The summed E-state index contributed by atoms with van der Waals surface area (Å²) in [4.78, 5) is 19.9. The lowest BCUT2D eigenvalue weighted by Gasteiger charge is -2.28. The van der Waals surface area contributed by atoms with Gasteiger partial charge in [0, 0.05) is 16.6 Å². The molecule has 1 aliphatic rings. The van der Waals surface area contributed by atoms with Crippen molar-refractivity contribution in [3.05, 3.63) is 71.0 Å². The number of nitrogens with zero attached hydrogens (tertiary/aromatic N) is 1. The first kappa shape index (κ1) is 20.7. The lowest BCUT2D eigenvalue weighted by atomic mass is 10.2. The predicted molar refractivity (Wildman–Crippen MR) is 117 cm³/mol. The highest BCUT2D eigenvalue weighted by molar-refractivity contribution is 7.13. The number of benzene rings is 2. The summed E-state index contributed by atoms with van der Waals surface area (Å²) in [6.07, 6.45) is 0. The van der Waals surface area contributed by atoms with Gasteiger partial charge in [-0.15, -0.1) is 11.3 Å². The number of hydrogen-bond donors (Lipinski definition) is 3.